The maximum atomic E-state index is 10.8. The summed E-state index contributed by atoms with van der Waals surface area (Å²) in [6.45, 7) is 0. The van der Waals surface area contributed by atoms with Crippen LogP contribution in [0.1, 0.15) is 21.7 Å². The van der Waals surface area contributed by atoms with Gasteiger partial charge in [-0.15, -0.1) is 0 Å². The van der Waals surface area contributed by atoms with Gasteiger partial charge in [-0.3, -0.25) is 0 Å². The first-order valence-corrected chi connectivity index (χ1v) is 5.80. The third kappa shape index (κ3) is 3.42. The van der Waals surface area contributed by atoms with Gasteiger partial charge >= 0.3 is 5.97 Å². The van der Waals surface area contributed by atoms with Crippen molar-refractivity contribution in [2.24, 2.45) is 0 Å². The predicted octanol–water partition coefficient (Wildman–Crippen LogP) is 2.92. The molecule has 0 radical (unpaired) electrons. The zero-order chi connectivity index (χ0) is 13.7. The van der Waals surface area contributed by atoms with Crippen molar-refractivity contribution < 1.29 is 15.0 Å². The molecule has 1 aromatic heterocycles. The van der Waals surface area contributed by atoms with Crippen LogP contribution in [-0.4, -0.2) is 21.2 Å². The molecule has 0 spiro atoms. The monoisotopic (exact) mass is 255 g/mol. The number of pyridine rings is 1. The first-order chi connectivity index (χ1) is 9.16. The number of aromatic carboxylic acids is 1. The van der Waals surface area contributed by atoms with Crippen molar-refractivity contribution in [1.82, 2.24) is 4.98 Å². The topological polar surface area (TPSA) is 70.4 Å². The van der Waals surface area contributed by atoms with Crippen molar-refractivity contribution in [1.29, 1.82) is 0 Å². The number of allylic oxidation sites excluding steroid dienone is 1. The van der Waals surface area contributed by atoms with Gasteiger partial charge in [-0.25, -0.2) is 9.78 Å². The van der Waals surface area contributed by atoms with Crippen LogP contribution in [0.2, 0.25) is 0 Å². The molecule has 0 amide bonds. The third-order valence-electron chi connectivity index (χ3n) is 2.60. The molecule has 0 unspecified atom stereocenters. The molecule has 4 heteroatoms. The number of carboxylic acid groups (broad SMARTS) is 1. The van der Waals surface area contributed by atoms with Gasteiger partial charge < -0.3 is 10.2 Å². The lowest BCUT2D eigenvalue weighted by Gasteiger charge is -2.01. The van der Waals surface area contributed by atoms with Crippen LogP contribution >= 0.6 is 0 Å². The van der Waals surface area contributed by atoms with Crippen molar-refractivity contribution in [3.63, 3.8) is 0 Å². The molecule has 0 atom stereocenters. The summed E-state index contributed by atoms with van der Waals surface area (Å²) in [5.74, 6) is -1.13. The zero-order valence-electron chi connectivity index (χ0n) is 10.2. The molecule has 0 bridgehead atoms. The quantitative estimate of drug-likeness (QED) is 0.824. The van der Waals surface area contributed by atoms with Crippen LogP contribution in [0, 0.1) is 0 Å². The van der Waals surface area contributed by atoms with Crippen LogP contribution < -0.4 is 0 Å². The molecule has 0 saturated heterocycles. The second-order valence-electron chi connectivity index (χ2n) is 3.99. The van der Waals surface area contributed by atoms with Gasteiger partial charge in [0.05, 0.1) is 0 Å². The standard InChI is InChI=1S/C15H13NO3/c17-14(10-9-11-5-2-1-3-6-11)12-7-4-8-13(16-12)15(18)19/h1-8,10,17H,9H2,(H,18,19)/b14-10-. The Kier molecular flexibility index (Phi) is 3.93. The van der Waals surface area contributed by atoms with Crippen LogP contribution in [0.4, 0.5) is 0 Å². The third-order valence-corrected chi connectivity index (χ3v) is 2.60. The molecule has 0 saturated carbocycles. The van der Waals surface area contributed by atoms with E-state index in [-0.39, 0.29) is 17.1 Å². The Labute approximate surface area is 110 Å². The van der Waals surface area contributed by atoms with E-state index in [0.717, 1.165) is 5.56 Å². The second-order valence-corrected chi connectivity index (χ2v) is 3.99. The Bertz CT molecular complexity index is 606. The zero-order valence-corrected chi connectivity index (χ0v) is 10.2. The van der Waals surface area contributed by atoms with E-state index in [9.17, 15) is 9.90 Å². The predicted molar refractivity (Wildman–Crippen MR) is 71.9 cm³/mol. The summed E-state index contributed by atoms with van der Waals surface area (Å²) in [5, 5.41) is 18.7. The molecule has 0 aliphatic carbocycles. The van der Waals surface area contributed by atoms with Crippen LogP contribution in [0.15, 0.2) is 54.6 Å². The highest BCUT2D eigenvalue weighted by Crippen LogP contribution is 2.11. The van der Waals surface area contributed by atoms with E-state index in [4.69, 9.17) is 5.11 Å². The summed E-state index contributed by atoms with van der Waals surface area (Å²) >= 11 is 0. The summed E-state index contributed by atoms with van der Waals surface area (Å²) in [6, 6.07) is 14.2. The smallest absolute Gasteiger partial charge is 0.354 e. The van der Waals surface area contributed by atoms with Crippen LogP contribution in [-0.2, 0) is 6.42 Å². The SMILES string of the molecule is O=C(O)c1cccc(/C(O)=C/Cc2ccccc2)n1. The number of nitrogens with zero attached hydrogens (tertiary/aromatic N) is 1. The lowest BCUT2D eigenvalue weighted by atomic mass is 10.1. The highest BCUT2D eigenvalue weighted by Gasteiger charge is 2.07. The molecule has 4 nitrogen and oxygen atoms in total. The Morgan fingerprint density at radius 3 is 2.37 bits per heavy atom. The molecule has 0 fully saturated rings. The Hall–Kier alpha value is -2.62. The molecule has 0 aliphatic rings. The normalized spacial score (nSPS) is 11.3. The Morgan fingerprint density at radius 2 is 1.68 bits per heavy atom. The highest BCUT2D eigenvalue weighted by atomic mass is 16.4. The van der Waals surface area contributed by atoms with Gasteiger partial charge in [0.15, 0.2) is 0 Å². The van der Waals surface area contributed by atoms with Crippen molar-refractivity contribution in [2.45, 2.75) is 6.42 Å². The van der Waals surface area contributed by atoms with Gasteiger partial charge in [-0.05, 0) is 30.2 Å². The van der Waals surface area contributed by atoms with Gasteiger partial charge in [-0.2, -0.15) is 0 Å². The van der Waals surface area contributed by atoms with Crippen LogP contribution in [0.5, 0.6) is 0 Å². The first-order valence-electron chi connectivity index (χ1n) is 5.80. The number of aromatic nitrogens is 1. The number of hydrogen-bond acceptors (Lipinski definition) is 3. The molecule has 0 aliphatic heterocycles. The van der Waals surface area contributed by atoms with Gasteiger partial charge in [0, 0.05) is 0 Å². The highest BCUT2D eigenvalue weighted by molar-refractivity contribution is 5.85. The average molecular weight is 255 g/mol. The number of aliphatic hydroxyl groups excluding tert-OH is 1. The molecule has 2 aromatic rings. The van der Waals surface area contributed by atoms with Gasteiger partial charge in [-0.1, -0.05) is 36.4 Å². The van der Waals surface area contributed by atoms with E-state index in [1.54, 1.807) is 18.2 Å². The average Bonchev–Trinajstić information content (AvgIpc) is 2.46. The molecule has 1 heterocycles. The summed E-state index contributed by atoms with van der Waals surface area (Å²) in [7, 11) is 0. The number of rotatable bonds is 4. The van der Waals surface area contributed by atoms with E-state index in [0.29, 0.717) is 6.42 Å². The van der Waals surface area contributed by atoms with E-state index in [2.05, 4.69) is 4.98 Å². The van der Waals surface area contributed by atoms with E-state index >= 15 is 0 Å². The lowest BCUT2D eigenvalue weighted by molar-refractivity contribution is 0.0690. The summed E-state index contributed by atoms with van der Waals surface area (Å²) in [4.78, 5) is 14.7. The van der Waals surface area contributed by atoms with E-state index in [1.807, 2.05) is 30.3 Å². The minimum absolute atomic E-state index is 0.0213. The molecule has 2 N–H and O–H groups in total. The maximum absolute atomic E-state index is 10.8. The Morgan fingerprint density at radius 1 is 1.00 bits per heavy atom. The van der Waals surface area contributed by atoms with Crippen LogP contribution in [0.3, 0.4) is 0 Å². The summed E-state index contributed by atoms with van der Waals surface area (Å²) < 4.78 is 0. The minimum Gasteiger partial charge on any atom is -0.506 e. The summed E-state index contributed by atoms with van der Waals surface area (Å²) in [6.07, 6.45) is 2.18. The molecular weight excluding hydrogens is 242 g/mol. The van der Waals surface area contributed by atoms with Crippen molar-refractivity contribution in [2.75, 3.05) is 0 Å². The molecule has 96 valence electrons. The number of carbonyl (C=O) groups is 1. The number of hydrogen-bond donors (Lipinski definition) is 2. The second kappa shape index (κ2) is 5.82. The van der Waals surface area contributed by atoms with Crippen molar-refractivity contribution >= 4 is 11.7 Å². The fraction of sp³-hybridized carbons (Fsp3) is 0.0667. The van der Waals surface area contributed by atoms with Gasteiger partial charge in [0.2, 0.25) is 0 Å². The van der Waals surface area contributed by atoms with Crippen LogP contribution in [0.25, 0.3) is 5.76 Å². The number of carboxylic acids is 1. The first kappa shape index (κ1) is 12.8. The fourth-order valence-corrected chi connectivity index (χ4v) is 1.63. The maximum Gasteiger partial charge on any atom is 0.354 e. The molecule has 2 rings (SSSR count). The lowest BCUT2D eigenvalue weighted by Crippen LogP contribution is -2.02. The fourth-order valence-electron chi connectivity index (χ4n) is 1.63. The molecule has 1 aromatic carbocycles. The van der Waals surface area contributed by atoms with E-state index < -0.39 is 5.97 Å². The largest absolute Gasteiger partial charge is 0.506 e. The van der Waals surface area contributed by atoms with E-state index in [1.165, 1.54) is 6.07 Å². The summed E-state index contributed by atoms with van der Waals surface area (Å²) in [5.41, 5.74) is 1.23. The molecular formula is C15H13NO3. The minimum atomic E-state index is -1.11. The molecule has 19 heavy (non-hydrogen) atoms. The van der Waals surface area contributed by atoms with Gasteiger partial charge in [0.25, 0.3) is 0 Å². The number of benzene rings is 1. The van der Waals surface area contributed by atoms with Crippen molar-refractivity contribution in [3.8, 4) is 0 Å². The number of aliphatic hydroxyl groups is 1. The Balaban J connectivity index is 2.17. The van der Waals surface area contributed by atoms with Crippen molar-refractivity contribution in [3.05, 3.63) is 71.6 Å². The van der Waals surface area contributed by atoms with Gasteiger partial charge in [0.1, 0.15) is 17.1 Å².